The third-order valence-electron chi connectivity index (χ3n) is 4.54. The Hall–Kier alpha value is -4.16. The number of halogens is 1. The van der Waals surface area contributed by atoms with Gasteiger partial charge < -0.3 is 9.30 Å². The lowest BCUT2D eigenvalue weighted by molar-refractivity contribution is 0.0734. The van der Waals surface area contributed by atoms with Gasteiger partial charge >= 0.3 is 5.97 Å². The fraction of sp³-hybridized carbons (Fsp3) is 0. The normalized spacial score (nSPS) is 10.8. The van der Waals surface area contributed by atoms with Crippen molar-refractivity contribution in [1.82, 2.24) is 9.99 Å². The van der Waals surface area contributed by atoms with Crippen LogP contribution in [0.2, 0.25) is 5.02 Å². The van der Waals surface area contributed by atoms with Gasteiger partial charge in [0.15, 0.2) is 0 Å². The number of ether oxygens (including phenoxy) is 1. The van der Waals surface area contributed by atoms with Crippen LogP contribution in [0.15, 0.2) is 102 Å². The molecule has 158 valence electrons. The van der Waals surface area contributed by atoms with Crippen LogP contribution in [0.4, 0.5) is 0 Å². The lowest BCUT2D eigenvalue weighted by atomic mass is 10.1. The molecule has 0 unspecified atom stereocenters. The average molecular weight is 444 g/mol. The molecule has 1 heterocycles. The summed E-state index contributed by atoms with van der Waals surface area (Å²) in [5.41, 5.74) is 4.78. The molecule has 0 saturated carbocycles. The number of amides is 1. The molecule has 0 atom stereocenters. The predicted octanol–water partition coefficient (Wildman–Crippen LogP) is 5.11. The molecule has 32 heavy (non-hydrogen) atoms. The van der Waals surface area contributed by atoms with Gasteiger partial charge in [-0.2, -0.15) is 5.10 Å². The van der Waals surface area contributed by atoms with E-state index in [-0.39, 0.29) is 5.91 Å². The maximum absolute atomic E-state index is 12.6. The number of benzene rings is 3. The molecule has 0 aliphatic carbocycles. The summed E-state index contributed by atoms with van der Waals surface area (Å²) in [6, 6.07) is 24.4. The number of carbonyl (C=O) groups is 2. The average Bonchev–Trinajstić information content (AvgIpc) is 3.34. The highest BCUT2D eigenvalue weighted by molar-refractivity contribution is 6.30. The van der Waals surface area contributed by atoms with Gasteiger partial charge in [-0.15, -0.1) is 0 Å². The van der Waals surface area contributed by atoms with Crippen LogP contribution in [0.1, 0.15) is 26.3 Å². The van der Waals surface area contributed by atoms with Gasteiger partial charge in [0.25, 0.3) is 5.91 Å². The van der Waals surface area contributed by atoms with E-state index in [1.165, 1.54) is 12.3 Å². The smallest absolute Gasteiger partial charge is 0.343 e. The molecule has 1 aromatic heterocycles. The number of para-hydroxylation sites is 1. The highest BCUT2D eigenvalue weighted by atomic mass is 35.5. The minimum absolute atomic E-state index is 0.339. The molecule has 4 aromatic rings. The SMILES string of the molecule is O=C(Oc1cccc(/C=N/NC(=O)c2ccccc2-n2cccc2)c1)c1cccc(Cl)c1. The van der Waals surface area contributed by atoms with Crippen LogP contribution in [0.25, 0.3) is 5.69 Å². The molecule has 0 saturated heterocycles. The lowest BCUT2D eigenvalue weighted by Gasteiger charge is -2.09. The van der Waals surface area contributed by atoms with Gasteiger partial charge in [-0.25, -0.2) is 10.2 Å². The molecule has 1 N–H and O–H groups in total. The summed E-state index contributed by atoms with van der Waals surface area (Å²) >= 11 is 5.92. The van der Waals surface area contributed by atoms with Crippen molar-refractivity contribution in [2.45, 2.75) is 0 Å². The molecule has 0 radical (unpaired) electrons. The molecule has 0 aliphatic heterocycles. The minimum Gasteiger partial charge on any atom is -0.423 e. The Balaban J connectivity index is 1.43. The van der Waals surface area contributed by atoms with Crippen molar-refractivity contribution in [1.29, 1.82) is 0 Å². The van der Waals surface area contributed by atoms with Gasteiger partial charge in [-0.3, -0.25) is 4.79 Å². The zero-order valence-corrected chi connectivity index (χ0v) is 17.6. The molecular formula is C25H18ClN3O3. The van der Waals surface area contributed by atoms with Crippen molar-refractivity contribution >= 4 is 29.7 Å². The minimum atomic E-state index is -0.517. The zero-order valence-electron chi connectivity index (χ0n) is 16.8. The number of aromatic nitrogens is 1. The van der Waals surface area contributed by atoms with Crippen LogP contribution in [0.3, 0.4) is 0 Å². The number of nitrogens with zero attached hydrogens (tertiary/aromatic N) is 2. The molecule has 4 rings (SSSR count). The molecule has 1 amide bonds. The van der Waals surface area contributed by atoms with Crippen molar-refractivity contribution < 1.29 is 14.3 Å². The maximum Gasteiger partial charge on any atom is 0.343 e. The summed E-state index contributed by atoms with van der Waals surface area (Å²) in [5, 5.41) is 4.49. The van der Waals surface area contributed by atoms with Crippen LogP contribution in [0, 0.1) is 0 Å². The fourth-order valence-corrected chi connectivity index (χ4v) is 3.24. The van der Waals surface area contributed by atoms with E-state index in [0.717, 1.165) is 5.69 Å². The van der Waals surface area contributed by atoms with E-state index in [9.17, 15) is 9.59 Å². The molecule has 0 aliphatic rings. The Labute approximate surface area is 189 Å². The van der Waals surface area contributed by atoms with E-state index in [0.29, 0.717) is 27.5 Å². The number of hydrazone groups is 1. The van der Waals surface area contributed by atoms with Crippen molar-refractivity contribution in [3.05, 3.63) is 119 Å². The summed E-state index contributed by atoms with van der Waals surface area (Å²) in [7, 11) is 0. The Kier molecular flexibility index (Phi) is 6.43. The molecular weight excluding hydrogens is 426 g/mol. The lowest BCUT2D eigenvalue weighted by Crippen LogP contribution is -2.19. The van der Waals surface area contributed by atoms with Crippen LogP contribution in [-0.4, -0.2) is 22.7 Å². The van der Waals surface area contributed by atoms with E-state index in [1.807, 2.05) is 41.2 Å². The third kappa shape index (κ3) is 5.11. The number of carbonyl (C=O) groups excluding carboxylic acids is 2. The Morgan fingerprint density at radius 3 is 2.50 bits per heavy atom. The van der Waals surface area contributed by atoms with Crippen molar-refractivity contribution in [2.24, 2.45) is 5.10 Å². The first-order valence-electron chi connectivity index (χ1n) is 9.74. The van der Waals surface area contributed by atoms with E-state index in [4.69, 9.17) is 16.3 Å². The molecule has 0 spiro atoms. The van der Waals surface area contributed by atoms with Crippen molar-refractivity contribution in [2.75, 3.05) is 0 Å². The maximum atomic E-state index is 12.6. The Morgan fingerprint density at radius 1 is 0.906 bits per heavy atom. The van der Waals surface area contributed by atoms with E-state index in [2.05, 4.69) is 10.5 Å². The second kappa shape index (κ2) is 9.76. The Bertz CT molecular complexity index is 1280. The van der Waals surface area contributed by atoms with Crippen LogP contribution in [-0.2, 0) is 0 Å². The number of hydrogen-bond acceptors (Lipinski definition) is 4. The van der Waals surface area contributed by atoms with E-state index in [1.54, 1.807) is 54.6 Å². The summed E-state index contributed by atoms with van der Waals surface area (Å²) in [4.78, 5) is 24.9. The molecule has 0 bridgehead atoms. The first kappa shape index (κ1) is 21.1. The van der Waals surface area contributed by atoms with Crippen LogP contribution in [0.5, 0.6) is 5.75 Å². The molecule has 3 aromatic carbocycles. The fourth-order valence-electron chi connectivity index (χ4n) is 3.05. The number of esters is 1. The molecule has 6 nitrogen and oxygen atoms in total. The van der Waals surface area contributed by atoms with Gasteiger partial charge in [0.2, 0.25) is 0 Å². The monoisotopic (exact) mass is 443 g/mol. The zero-order chi connectivity index (χ0) is 22.3. The summed E-state index contributed by atoms with van der Waals surface area (Å²) < 4.78 is 7.26. The standard InChI is InChI=1S/C25H18ClN3O3/c26-20-9-6-8-19(16-20)25(31)32-21-10-5-7-18(15-21)17-27-28-24(30)22-11-1-2-12-23(22)29-13-3-4-14-29/h1-17H,(H,28,30)/b27-17+. The quantitative estimate of drug-likeness (QED) is 0.195. The second-order valence-electron chi connectivity index (χ2n) is 6.78. The van der Waals surface area contributed by atoms with Crippen LogP contribution >= 0.6 is 11.6 Å². The van der Waals surface area contributed by atoms with Gasteiger partial charge in [-0.05, 0) is 60.2 Å². The largest absolute Gasteiger partial charge is 0.423 e. The molecule has 7 heteroatoms. The number of rotatable bonds is 6. The van der Waals surface area contributed by atoms with Crippen molar-refractivity contribution in [3.8, 4) is 11.4 Å². The predicted molar refractivity (Wildman–Crippen MR) is 124 cm³/mol. The van der Waals surface area contributed by atoms with E-state index >= 15 is 0 Å². The Morgan fingerprint density at radius 2 is 1.69 bits per heavy atom. The van der Waals surface area contributed by atoms with E-state index < -0.39 is 5.97 Å². The highest BCUT2D eigenvalue weighted by Crippen LogP contribution is 2.17. The first-order valence-corrected chi connectivity index (χ1v) is 10.1. The summed E-state index contributed by atoms with van der Waals surface area (Å²) in [5.74, 6) is -0.506. The summed E-state index contributed by atoms with van der Waals surface area (Å²) in [6.07, 6.45) is 5.21. The van der Waals surface area contributed by atoms with Gasteiger partial charge in [0.1, 0.15) is 5.75 Å². The van der Waals surface area contributed by atoms with Crippen molar-refractivity contribution in [3.63, 3.8) is 0 Å². The second-order valence-corrected chi connectivity index (χ2v) is 7.22. The highest BCUT2D eigenvalue weighted by Gasteiger charge is 2.11. The van der Waals surface area contributed by atoms with Crippen LogP contribution < -0.4 is 10.2 Å². The summed E-state index contributed by atoms with van der Waals surface area (Å²) in [6.45, 7) is 0. The van der Waals surface area contributed by atoms with Gasteiger partial charge in [-0.1, -0.05) is 41.9 Å². The molecule has 0 fully saturated rings. The van der Waals surface area contributed by atoms with Gasteiger partial charge in [0, 0.05) is 17.4 Å². The van der Waals surface area contributed by atoms with Gasteiger partial charge in [0.05, 0.1) is 23.0 Å². The third-order valence-corrected chi connectivity index (χ3v) is 4.78. The number of nitrogens with one attached hydrogen (secondary N) is 1. The topological polar surface area (TPSA) is 72.7 Å². The number of hydrogen-bond donors (Lipinski definition) is 1. The first-order chi connectivity index (χ1) is 15.6.